The van der Waals surface area contributed by atoms with Crippen molar-refractivity contribution in [2.45, 2.75) is 103 Å². The first-order valence-electron chi connectivity index (χ1n) is 16.9. The van der Waals surface area contributed by atoms with E-state index in [9.17, 15) is 19.5 Å². The van der Waals surface area contributed by atoms with Gasteiger partial charge in [0.05, 0.1) is 32.3 Å². The number of amides is 1. The standard InChI is InChI=1S/C36H52N4O9/c1-18-13-21-11-12-22-16-40-24(28(39(22)7)26(21)33(31(18)46-9)48-17-45-8)14-23-27(30(42)32(47-10)19(2)29(23)41)25(40)15-37-34(43)20(3)38-35(44)49-36(4,5)6/h13,20,22,24-25,28,34,37,43H,11-12,14-17H2,1-10H3,(H,38,44)/t20-,22-,24?,25-,28-,34?/m0/s1. The number of ketones is 2. The number of methoxy groups -OCH3 is 3. The van der Waals surface area contributed by atoms with Crippen LogP contribution in [0.5, 0.6) is 11.5 Å². The van der Waals surface area contributed by atoms with Crippen molar-refractivity contribution in [3.05, 3.63) is 45.2 Å². The highest BCUT2D eigenvalue weighted by Crippen LogP contribution is 2.52. The Balaban J connectivity index is 1.57. The van der Waals surface area contributed by atoms with Crippen LogP contribution in [-0.2, 0) is 30.2 Å². The van der Waals surface area contributed by atoms with E-state index in [0.717, 1.165) is 29.5 Å². The van der Waals surface area contributed by atoms with Gasteiger partial charge in [-0.2, -0.15) is 0 Å². The lowest BCUT2D eigenvalue weighted by atomic mass is 9.74. The predicted molar refractivity (Wildman–Crippen MR) is 181 cm³/mol. The van der Waals surface area contributed by atoms with E-state index in [0.29, 0.717) is 35.6 Å². The number of carbonyl (C=O) groups excluding carboxylic acids is 3. The molecule has 1 aliphatic carbocycles. The highest BCUT2D eigenvalue weighted by atomic mass is 16.7. The number of alkyl carbamates (subject to hydrolysis) is 1. The van der Waals surface area contributed by atoms with Gasteiger partial charge >= 0.3 is 6.09 Å². The first-order chi connectivity index (χ1) is 23.1. The number of allylic oxidation sites excluding steroid dienone is 2. The number of piperazine rings is 1. The number of Topliss-reactive ketones (excluding diaryl/α,β-unsaturated/α-hetero) is 2. The van der Waals surface area contributed by atoms with E-state index in [4.69, 9.17) is 23.7 Å². The fraction of sp³-hybridized carbons (Fsp3) is 0.639. The number of carbonyl (C=O) groups is 3. The third-order valence-corrected chi connectivity index (χ3v) is 10.2. The molecule has 0 saturated carbocycles. The van der Waals surface area contributed by atoms with Gasteiger partial charge in [0.25, 0.3) is 0 Å². The lowest BCUT2D eigenvalue weighted by Gasteiger charge is -2.55. The Hall–Kier alpha value is -3.49. The fourth-order valence-corrected chi connectivity index (χ4v) is 7.94. The quantitative estimate of drug-likeness (QED) is 0.246. The van der Waals surface area contributed by atoms with Crippen LogP contribution in [-0.4, -0.2) is 117 Å². The van der Waals surface area contributed by atoms with Crippen LogP contribution in [0.3, 0.4) is 0 Å². The molecule has 49 heavy (non-hydrogen) atoms. The van der Waals surface area contributed by atoms with Crippen LogP contribution >= 0.6 is 0 Å². The van der Waals surface area contributed by atoms with E-state index < -0.39 is 30.0 Å². The summed E-state index contributed by atoms with van der Waals surface area (Å²) < 4.78 is 28.4. The third kappa shape index (κ3) is 6.96. The smallest absolute Gasteiger partial charge is 0.408 e. The van der Waals surface area contributed by atoms with Crippen molar-refractivity contribution in [2.24, 2.45) is 0 Å². The van der Waals surface area contributed by atoms with Gasteiger partial charge in [-0.3, -0.25) is 24.7 Å². The molecule has 1 saturated heterocycles. The van der Waals surface area contributed by atoms with Gasteiger partial charge < -0.3 is 34.1 Å². The topological polar surface area (TPSA) is 148 Å². The van der Waals surface area contributed by atoms with Gasteiger partial charge in [0.15, 0.2) is 29.8 Å². The number of nitrogens with zero attached hydrogens (tertiary/aromatic N) is 2. The van der Waals surface area contributed by atoms with E-state index >= 15 is 0 Å². The molecule has 13 nitrogen and oxygen atoms in total. The first-order valence-corrected chi connectivity index (χ1v) is 16.9. The number of benzene rings is 1. The van der Waals surface area contributed by atoms with Crippen LogP contribution in [0.1, 0.15) is 70.2 Å². The maximum Gasteiger partial charge on any atom is 0.408 e. The van der Waals surface area contributed by atoms with Crippen molar-refractivity contribution >= 4 is 17.7 Å². The number of aliphatic hydroxyl groups is 1. The van der Waals surface area contributed by atoms with Gasteiger partial charge in [-0.25, -0.2) is 4.79 Å². The summed E-state index contributed by atoms with van der Waals surface area (Å²) in [6.45, 7) is 11.4. The Labute approximate surface area is 288 Å². The number of fused-ring (bicyclic) bond motifs is 6. The highest BCUT2D eigenvalue weighted by molar-refractivity contribution is 6.25. The molecule has 2 unspecified atom stereocenters. The molecular formula is C36H52N4O9. The summed E-state index contributed by atoms with van der Waals surface area (Å²) >= 11 is 0. The largest absolute Gasteiger partial charge is 0.493 e. The molecule has 1 fully saturated rings. The Morgan fingerprint density at radius 3 is 2.45 bits per heavy atom. The monoisotopic (exact) mass is 684 g/mol. The number of rotatable bonds is 10. The molecule has 0 radical (unpaired) electrons. The average molecular weight is 685 g/mol. The minimum Gasteiger partial charge on any atom is -0.493 e. The number of hydrogen-bond donors (Lipinski definition) is 3. The molecule has 1 aromatic rings. The zero-order valence-electron chi connectivity index (χ0n) is 30.4. The summed E-state index contributed by atoms with van der Waals surface area (Å²) in [5, 5.41) is 17.0. The number of aryl methyl sites for hydroxylation is 2. The maximum absolute atomic E-state index is 14.1. The highest BCUT2D eigenvalue weighted by Gasteiger charge is 2.53. The van der Waals surface area contributed by atoms with Crippen LogP contribution in [0.4, 0.5) is 4.79 Å². The van der Waals surface area contributed by atoms with Gasteiger partial charge in [-0.1, -0.05) is 6.07 Å². The van der Waals surface area contributed by atoms with Gasteiger partial charge in [0, 0.05) is 54.6 Å². The molecule has 0 aromatic heterocycles. The van der Waals surface area contributed by atoms with Gasteiger partial charge in [-0.15, -0.1) is 0 Å². The number of likely N-dealkylation sites (N-methyl/N-ethyl adjacent to an activating group) is 1. The number of ether oxygens (including phenoxy) is 5. The molecular weight excluding hydrogens is 632 g/mol. The molecule has 1 amide bonds. The van der Waals surface area contributed by atoms with Crippen molar-refractivity contribution in [1.29, 1.82) is 0 Å². The summed E-state index contributed by atoms with van der Waals surface area (Å²) in [6.07, 6.45) is 0.179. The fourth-order valence-electron chi connectivity index (χ4n) is 7.94. The van der Waals surface area contributed by atoms with Gasteiger partial charge in [0.2, 0.25) is 5.78 Å². The minimum atomic E-state index is -1.18. The Morgan fingerprint density at radius 2 is 1.82 bits per heavy atom. The van der Waals surface area contributed by atoms with E-state index in [1.807, 2.05) is 6.92 Å². The number of nitrogens with one attached hydrogen (secondary N) is 2. The molecule has 5 rings (SSSR count). The van der Waals surface area contributed by atoms with Crippen molar-refractivity contribution in [3.8, 4) is 11.5 Å². The molecule has 1 aromatic carbocycles. The van der Waals surface area contributed by atoms with Crippen LogP contribution in [0, 0.1) is 6.92 Å². The SMILES string of the molecule is COCOc1c(OC)c(C)cc2c1[C@@H]1C3CC4=C(C(=O)C(OC)=C(C)C4=O)[C@H](CNC(O)[C@H](C)NC(=O)OC(C)(C)C)N3C[C@H](CC2)N1C. The molecule has 3 aliphatic heterocycles. The molecule has 3 heterocycles. The predicted octanol–water partition coefficient (Wildman–Crippen LogP) is 2.92. The van der Waals surface area contributed by atoms with Crippen molar-refractivity contribution < 1.29 is 43.2 Å². The normalized spacial score (nSPS) is 25.5. The first kappa shape index (κ1) is 36.8. The second kappa shape index (κ2) is 14.4. The van der Waals surface area contributed by atoms with Crippen molar-refractivity contribution in [3.63, 3.8) is 0 Å². The molecule has 13 heteroatoms. The maximum atomic E-state index is 14.1. The van der Waals surface area contributed by atoms with Gasteiger partial charge in [0.1, 0.15) is 11.8 Å². The van der Waals surface area contributed by atoms with E-state index in [-0.39, 0.29) is 54.4 Å². The summed E-state index contributed by atoms with van der Waals surface area (Å²) in [5.41, 5.74) is 3.53. The molecule has 6 atom stereocenters. The van der Waals surface area contributed by atoms with Crippen LogP contribution in [0.25, 0.3) is 0 Å². The average Bonchev–Trinajstić information content (AvgIpc) is 3.11. The van der Waals surface area contributed by atoms with Crippen LogP contribution in [0.2, 0.25) is 0 Å². The lowest BCUT2D eigenvalue weighted by Crippen LogP contribution is -2.66. The minimum absolute atomic E-state index is 0.0342. The second-order valence-corrected chi connectivity index (χ2v) is 14.5. The van der Waals surface area contributed by atoms with E-state index in [2.05, 4.69) is 33.5 Å². The lowest BCUT2D eigenvalue weighted by molar-refractivity contribution is -0.121. The summed E-state index contributed by atoms with van der Waals surface area (Å²) in [6, 6.07) is 0.531. The zero-order valence-corrected chi connectivity index (χ0v) is 30.4. The molecule has 2 bridgehead atoms. The number of aliphatic hydroxyl groups excluding tert-OH is 1. The van der Waals surface area contributed by atoms with Gasteiger partial charge in [-0.05, 0) is 79.0 Å². The second-order valence-electron chi connectivity index (χ2n) is 14.5. The van der Waals surface area contributed by atoms with Crippen LogP contribution in [0.15, 0.2) is 28.5 Å². The summed E-state index contributed by atoms with van der Waals surface area (Å²) in [4.78, 5) is 45.3. The Bertz CT molecular complexity index is 1550. The number of hydrogen-bond acceptors (Lipinski definition) is 12. The zero-order chi connectivity index (χ0) is 35.9. The molecule has 0 spiro atoms. The Morgan fingerprint density at radius 1 is 1.10 bits per heavy atom. The Kier molecular flexibility index (Phi) is 10.8. The molecule has 3 N–H and O–H groups in total. The van der Waals surface area contributed by atoms with E-state index in [1.165, 1.54) is 7.11 Å². The van der Waals surface area contributed by atoms with Crippen LogP contribution < -0.4 is 20.1 Å². The molecule has 270 valence electrons. The van der Waals surface area contributed by atoms with Crippen molar-refractivity contribution in [2.75, 3.05) is 48.3 Å². The van der Waals surface area contributed by atoms with Crippen molar-refractivity contribution in [1.82, 2.24) is 20.4 Å². The molecule has 4 aliphatic rings. The summed E-state index contributed by atoms with van der Waals surface area (Å²) in [5.74, 6) is 0.760. The summed E-state index contributed by atoms with van der Waals surface area (Å²) in [7, 11) is 6.72. The van der Waals surface area contributed by atoms with E-state index in [1.54, 1.807) is 48.8 Å². The third-order valence-electron chi connectivity index (χ3n) is 10.2.